The minimum absolute atomic E-state index is 0.0456. The standard InChI is InChI=1S/C14H14N2O3/c1-16(14(17)9-2-3-9)11(7-15)10-4-5-12-13(6-10)19-8-18-12/h4-6,9,11H,2-3,8H2,1H3. The van der Waals surface area contributed by atoms with E-state index in [0.717, 1.165) is 18.4 Å². The monoisotopic (exact) mass is 258 g/mol. The zero-order valence-corrected chi connectivity index (χ0v) is 10.6. The van der Waals surface area contributed by atoms with Gasteiger partial charge in [-0.1, -0.05) is 6.07 Å². The Hall–Kier alpha value is -2.22. The molecule has 1 aromatic carbocycles. The van der Waals surface area contributed by atoms with E-state index in [1.807, 2.05) is 0 Å². The summed E-state index contributed by atoms with van der Waals surface area (Å²) in [5.74, 6) is 1.46. The van der Waals surface area contributed by atoms with Gasteiger partial charge in [-0.25, -0.2) is 0 Å². The summed E-state index contributed by atoms with van der Waals surface area (Å²) in [7, 11) is 1.68. The number of benzene rings is 1. The van der Waals surface area contributed by atoms with Crippen LogP contribution in [0.15, 0.2) is 18.2 Å². The summed E-state index contributed by atoms with van der Waals surface area (Å²) < 4.78 is 10.5. The average molecular weight is 258 g/mol. The van der Waals surface area contributed by atoms with Gasteiger partial charge >= 0.3 is 0 Å². The summed E-state index contributed by atoms with van der Waals surface area (Å²) in [6.07, 6.45) is 1.87. The number of rotatable bonds is 3. The Morgan fingerprint density at radius 1 is 1.42 bits per heavy atom. The van der Waals surface area contributed by atoms with Crippen LogP contribution in [0.25, 0.3) is 0 Å². The van der Waals surface area contributed by atoms with E-state index >= 15 is 0 Å². The lowest BCUT2D eigenvalue weighted by Gasteiger charge is -2.23. The van der Waals surface area contributed by atoms with Crippen LogP contribution in [-0.2, 0) is 4.79 Å². The molecule has 0 N–H and O–H groups in total. The van der Waals surface area contributed by atoms with Gasteiger partial charge in [0.25, 0.3) is 0 Å². The van der Waals surface area contributed by atoms with Crippen molar-refractivity contribution in [2.75, 3.05) is 13.8 Å². The molecule has 1 aliphatic carbocycles. The van der Waals surface area contributed by atoms with Crippen LogP contribution in [0, 0.1) is 17.2 Å². The van der Waals surface area contributed by atoms with Crippen LogP contribution in [0.3, 0.4) is 0 Å². The number of carbonyl (C=O) groups is 1. The second-order valence-corrected chi connectivity index (χ2v) is 4.87. The Morgan fingerprint density at radius 2 is 2.16 bits per heavy atom. The fourth-order valence-corrected chi connectivity index (χ4v) is 2.21. The summed E-state index contributed by atoms with van der Waals surface area (Å²) in [6.45, 7) is 0.201. The summed E-state index contributed by atoms with van der Waals surface area (Å²) in [6, 6.07) is 6.95. The first kappa shape index (κ1) is 11.8. The molecule has 1 fully saturated rings. The quantitative estimate of drug-likeness (QED) is 0.830. The molecule has 0 saturated heterocycles. The average Bonchev–Trinajstić information content (AvgIpc) is 3.17. The maximum absolute atomic E-state index is 12.0. The maximum atomic E-state index is 12.0. The molecule has 2 aliphatic rings. The third kappa shape index (κ3) is 2.10. The molecule has 5 heteroatoms. The van der Waals surface area contributed by atoms with E-state index in [2.05, 4.69) is 6.07 Å². The molecule has 0 bridgehead atoms. The first-order valence-corrected chi connectivity index (χ1v) is 6.26. The number of nitrogens with zero attached hydrogens (tertiary/aromatic N) is 2. The zero-order chi connectivity index (χ0) is 13.4. The van der Waals surface area contributed by atoms with Crippen LogP contribution in [-0.4, -0.2) is 24.6 Å². The fourth-order valence-electron chi connectivity index (χ4n) is 2.21. The van der Waals surface area contributed by atoms with Gasteiger partial charge in [0.05, 0.1) is 6.07 Å². The second kappa shape index (κ2) is 4.47. The number of amides is 1. The minimum atomic E-state index is -0.581. The third-order valence-corrected chi connectivity index (χ3v) is 3.50. The normalized spacial score (nSPS) is 17.7. The number of carbonyl (C=O) groups excluding carboxylic acids is 1. The van der Waals surface area contributed by atoms with Crippen molar-refractivity contribution < 1.29 is 14.3 Å². The van der Waals surface area contributed by atoms with Gasteiger partial charge in [-0.2, -0.15) is 5.26 Å². The van der Waals surface area contributed by atoms with E-state index in [1.54, 1.807) is 25.2 Å². The lowest BCUT2D eigenvalue weighted by atomic mass is 10.1. The third-order valence-electron chi connectivity index (χ3n) is 3.50. The first-order valence-electron chi connectivity index (χ1n) is 6.26. The van der Waals surface area contributed by atoms with E-state index < -0.39 is 6.04 Å². The van der Waals surface area contributed by atoms with E-state index in [1.165, 1.54) is 4.90 Å². The van der Waals surface area contributed by atoms with Crippen molar-refractivity contribution in [2.45, 2.75) is 18.9 Å². The predicted molar refractivity (Wildman–Crippen MR) is 66.4 cm³/mol. The highest BCUT2D eigenvalue weighted by Crippen LogP contribution is 2.37. The molecule has 5 nitrogen and oxygen atoms in total. The SMILES string of the molecule is CN(C(=O)C1CC1)C(C#N)c1ccc2c(c1)OCO2. The molecule has 1 heterocycles. The molecular weight excluding hydrogens is 244 g/mol. The van der Waals surface area contributed by atoms with Gasteiger partial charge in [-0.05, 0) is 30.5 Å². The van der Waals surface area contributed by atoms with Crippen molar-refractivity contribution >= 4 is 5.91 Å². The van der Waals surface area contributed by atoms with E-state index in [9.17, 15) is 10.1 Å². The van der Waals surface area contributed by atoms with Crippen molar-refractivity contribution in [2.24, 2.45) is 5.92 Å². The number of fused-ring (bicyclic) bond motifs is 1. The summed E-state index contributed by atoms with van der Waals surface area (Å²) >= 11 is 0. The molecule has 1 saturated carbocycles. The van der Waals surface area contributed by atoms with Crippen LogP contribution < -0.4 is 9.47 Å². The van der Waals surface area contributed by atoms with E-state index in [-0.39, 0.29) is 18.6 Å². The molecule has 0 radical (unpaired) electrons. The Bertz CT molecular complexity index is 560. The highest BCUT2D eigenvalue weighted by atomic mass is 16.7. The Morgan fingerprint density at radius 3 is 2.84 bits per heavy atom. The summed E-state index contributed by atoms with van der Waals surface area (Å²) in [4.78, 5) is 13.6. The maximum Gasteiger partial charge on any atom is 0.231 e. The Kier molecular flexibility index (Phi) is 2.79. The van der Waals surface area contributed by atoms with Crippen LogP contribution in [0.5, 0.6) is 11.5 Å². The molecule has 0 spiro atoms. The molecule has 1 aliphatic heterocycles. The van der Waals surface area contributed by atoms with E-state index in [4.69, 9.17) is 9.47 Å². The Balaban J connectivity index is 1.85. The molecule has 1 atom stereocenters. The molecule has 1 amide bonds. The van der Waals surface area contributed by atoms with Crippen LogP contribution in [0.4, 0.5) is 0 Å². The van der Waals surface area contributed by atoms with Crippen LogP contribution in [0.1, 0.15) is 24.4 Å². The van der Waals surface area contributed by atoms with Crippen molar-refractivity contribution in [3.8, 4) is 17.6 Å². The first-order chi connectivity index (χ1) is 9.20. The number of ether oxygens (including phenoxy) is 2. The second-order valence-electron chi connectivity index (χ2n) is 4.87. The van der Waals surface area contributed by atoms with Gasteiger partial charge < -0.3 is 14.4 Å². The smallest absolute Gasteiger partial charge is 0.231 e. The molecular formula is C14H14N2O3. The van der Waals surface area contributed by atoms with Crippen molar-refractivity contribution in [1.82, 2.24) is 4.90 Å². The van der Waals surface area contributed by atoms with Crippen molar-refractivity contribution in [3.63, 3.8) is 0 Å². The summed E-state index contributed by atoms with van der Waals surface area (Å²) in [5.41, 5.74) is 0.753. The van der Waals surface area contributed by atoms with Crippen LogP contribution in [0.2, 0.25) is 0 Å². The van der Waals surface area contributed by atoms with Crippen molar-refractivity contribution in [3.05, 3.63) is 23.8 Å². The molecule has 1 unspecified atom stereocenters. The van der Waals surface area contributed by atoms with Gasteiger partial charge in [0, 0.05) is 13.0 Å². The molecule has 1 aromatic rings. The largest absolute Gasteiger partial charge is 0.454 e. The van der Waals surface area contributed by atoms with Gasteiger partial charge in [-0.3, -0.25) is 4.79 Å². The topological polar surface area (TPSA) is 62.6 Å². The van der Waals surface area contributed by atoms with Crippen LogP contribution >= 0.6 is 0 Å². The number of hydrogen-bond donors (Lipinski definition) is 0. The number of nitriles is 1. The molecule has 19 heavy (non-hydrogen) atoms. The molecule has 0 aromatic heterocycles. The zero-order valence-electron chi connectivity index (χ0n) is 10.6. The van der Waals surface area contributed by atoms with Gasteiger partial charge in [0.15, 0.2) is 11.5 Å². The molecule has 3 rings (SSSR count). The van der Waals surface area contributed by atoms with Gasteiger partial charge in [0.1, 0.15) is 6.04 Å². The van der Waals surface area contributed by atoms with Gasteiger partial charge in [-0.15, -0.1) is 0 Å². The lowest BCUT2D eigenvalue weighted by molar-refractivity contribution is -0.132. The van der Waals surface area contributed by atoms with E-state index in [0.29, 0.717) is 11.5 Å². The summed E-state index contributed by atoms with van der Waals surface area (Å²) in [5, 5.41) is 9.33. The number of hydrogen-bond acceptors (Lipinski definition) is 4. The van der Waals surface area contributed by atoms with Gasteiger partial charge in [0.2, 0.25) is 12.7 Å². The lowest BCUT2D eigenvalue weighted by Crippen LogP contribution is -2.31. The van der Waals surface area contributed by atoms with Crippen molar-refractivity contribution in [1.29, 1.82) is 5.26 Å². The molecule has 98 valence electrons. The predicted octanol–water partition coefficient (Wildman–Crippen LogP) is 1.85. The fraction of sp³-hybridized carbons (Fsp3) is 0.429. The Labute approximate surface area is 111 Å². The minimum Gasteiger partial charge on any atom is -0.454 e. The highest BCUT2D eigenvalue weighted by molar-refractivity contribution is 5.81. The highest BCUT2D eigenvalue weighted by Gasteiger charge is 2.35.